The van der Waals surface area contributed by atoms with Gasteiger partial charge in [-0.15, -0.1) is 11.3 Å². The number of alkyl halides is 3. The number of hydrogen-bond acceptors (Lipinski definition) is 4. The first-order valence-corrected chi connectivity index (χ1v) is 9.71. The summed E-state index contributed by atoms with van der Waals surface area (Å²) >= 11 is 3.84. The number of imidazole rings is 1. The summed E-state index contributed by atoms with van der Waals surface area (Å²) in [7, 11) is 0. The molecule has 0 unspecified atom stereocenters. The number of nitrogens with one attached hydrogen (secondary N) is 3. The van der Waals surface area contributed by atoms with Crippen LogP contribution in [-0.4, -0.2) is 23.1 Å². The Kier molecular flexibility index (Phi) is 5.89. The topological polar surface area (TPSA) is 52.7 Å². The zero-order chi connectivity index (χ0) is 18.7. The van der Waals surface area contributed by atoms with Crippen molar-refractivity contribution in [3.05, 3.63) is 44.1 Å². The molecule has 0 amide bonds. The molecule has 26 heavy (non-hydrogen) atoms. The Labute approximate surface area is 161 Å². The van der Waals surface area contributed by atoms with Crippen LogP contribution in [0, 0.1) is 6.92 Å². The van der Waals surface area contributed by atoms with Gasteiger partial charge in [0.2, 0.25) is 5.95 Å². The maximum Gasteiger partial charge on any atom is 0.426 e. The number of aromatic nitrogens is 2. The predicted octanol–water partition coefficient (Wildman–Crippen LogP) is 5.31. The van der Waals surface area contributed by atoms with Crippen LogP contribution in [0.25, 0.3) is 11.0 Å². The fourth-order valence-electron chi connectivity index (χ4n) is 2.55. The maximum absolute atomic E-state index is 12.9. The number of nitrogens with zero attached hydrogens (tertiary/aromatic N) is 1. The van der Waals surface area contributed by atoms with Gasteiger partial charge in [0.05, 0.1) is 11.0 Å². The molecule has 0 atom stereocenters. The molecular formula is C17H18BrF3N4S. The number of anilines is 1. The molecular weight excluding hydrogens is 429 g/mol. The van der Waals surface area contributed by atoms with Crippen molar-refractivity contribution in [3.63, 3.8) is 0 Å². The van der Waals surface area contributed by atoms with E-state index in [0.717, 1.165) is 34.7 Å². The summed E-state index contributed by atoms with van der Waals surface area (Å²) in [6.07, 6.45) is -3.49. The van der Waals surface area contributed by atoms with Crippen molar-refractivity contribution in [3.8, 4) is 0 Å². The molecule has 0 saturated carbocycles. The molecule has 9 heteroatoms. The first-order chi connectivity index (χ1) is 12.4. The van der Waals surface area contributed by atoms with Crippen LogP contribution in [0.5, 0.6) is 0 Å². The lowest BCUT2D eigenvalue weighted by Crippen LogP contribution is -2.17. The number of thiophene rings is 1. The summed E-state index contributed by atoms with van der Waals surface area (Å²) < 4.78 is 38.9. The smallest absolute Gasteiger partial charge is 0.356 e. The monoisotopic (exact) mass is 446 g/mol. The molecule has 1 aromatic carbocycles. The molecule has 0 bridgehead atoms. The van der Waals surface area contributed by atoms with E-state index in [1.807, 2.05) is 24.3 Å². The minimum absolute atomic E-state index is 0.151. The number of para-hydroxylation sites is 2. The van der Waals surface area contributed by atoms with Crippen molar-refractivity contribution in [1.29, 1.82) is 0 Å². The second kappa shape index (κ2) is 7.98. The highest BCUT2D eigenvalue weighted by molar-refractivity contribution is 9.10. The molecule has 0 fully saturated rings. The van der Waals surface area contributed by atoms with Gasteiger partial charge < -0.3 is 15.6 Å². The molecule has 2 heterocycles. The molecule has 0 aliphatic rings. The quantitative estimate of drug-likeness (QED) is 0.431. The van der Waals surface area contributed by atoms with Crippen molar-refractivity contribution in [2.24, 2.45) is 0 Å². The lowest BCUT2D eigenvalue weighted by Gasteiger charge is -2.05. The maximum atomic E-state index is 12.9. The summed E-state index contributed by atoms with van der Waals surface area (Å²) in [5.41, 5.74) is 2.54. The molecule has 0 aliphatic carbocycles. The van der Waals surface area contributed by atoms with Crippen molar-refractivity contribution in [2.75, 3.05) is 18.4 Å². The predicted molar refractivity (Wildman–Crippen MR) is 103 cm³/mol. The van der Waals surface area contributed by atoms with Crippen LogP contribution >= 0.6 is 27.3 Å². The van der Waals surface area contributed by atoms with E-state index in [4.69, 9.17) is 0 Å². The summed E-state index contributed by atoms with van der Waals surface area (Å²) in [4.78, 5) is 7.75. The fourth-order valence-corrected chi connectivity index (χ4v) is 4.42. The zero-order valence-corrected chi connectivity index (χ0v) is 16.4. The van der Waals surface area contributed by atoms with Gasteiger partial charge in [-0.25, -0.2) is 4.98 Å². The number of halogens is 4. The first-order valence-electron chi connectivity index (χ1n) is 8.10. The Bertz CT molecular complexity index is 855. The Morgan fingerprint density at radius 3 is 2.69 bits per heavy atom. The normalized spacial score (nSPS) is 12.0. The third-order valence-corrected chi connectivity index (χ3v) is 6.52. The second-order valence-electron chi connectivity index (χ2n) is 5.85. The van der Waals surface area contributed by atoms with Crippen molar-refractivity contribution in [1.82, 2.24) is 15.3 Å². The molecule has 0 radical (unpaired) electrons. The molecule has 3 aromatic rings. The van der Waals surface area contributed by atoms with Crippen LogP contribution < -0.4 is 10.6 Å². The Morgan fingerprint density at radius 2 is 2.00 bits per heavy atom. The fraction of sp³-hybridized carbons (Fsp3) is 0.353. The average molecular weight is 447 g/mol. The van der Waals surface area contributed by atoms with E-state index < -0.39 is 11.1 Å². The molecule has 2 aromatic heterocycles. The van der Waals surface area contributed by atoms with E-state index >= 15 is 0 Å². The highest BCUT2D eigenvalue weighted by Gasteiger charge is 2.36. The van der Waals surface area contributed by atoms with E-state index in [0.29, 0.717) is 30.1 Å². The van der Waals surface area contributed by atoms with Gasteiger partial charge >= 0.3 is 6.18 Å². The SMILES string of the molecule is Cc1c(CNCCCNc2nc3ccccc3[nH]2)sc(C(F)(F)F)c1Br. The van der Waals surface area contributed by atoms with E-state index in [-0.39, 0.29) is 4.47 Å². The Morgan fingerprint density at radius 1 is 1.23 bits per heavy atom. The van der Waals surface area contributed by atoms with Crippen LogP contribution in [0.4, 0.5) is 19.1 Å². The van der Waals surface area contributed by atoms with Crippen LogP contribution in [0.2, 0.25) is 0 Å². The average Bonchev–Trinajstić information content (AvgIpc) is 3.12. The Balaban J connectivity index is 1.43. The van der Waals surface area contributed by atoms with Crippen LogP contribution in [0.15, 0.2) is 28.7 Å². The van der Waals surface area contributed by atoms with Gasteiger partial charge in [0.1, 0.15) is 4.88 Å². The number of rotatable bonds is 7. The molecule has 0 aliphatic heterocycles. The summed E-state index contributed by atoms with van der Waals surface area (Å²) in [6.45, 7) is 3.54. The summed E-state index contributed by atoms with van der Waals surface area (Å²) in [5.74, 6) is 0.721. The third kappa shape index (κ3) is 4.39. The summed E-state index contributed by atoms with van der Waals surface area (Å²) in [5, 5.41) is 6.42. The largest absolute Gasteiger partial charge is 0.426 e. The van der Waals surface area contributed by atoms with E-state index in [1.165, 1.54) is 0 Å². The zero-order valence-electron chi connectivity index (χ0n) is 14.0. The highest BCUT2D eigenvalue weighted by Crippen LogP contribution is 2.43. The van der Waals surface area contributed by atoms with Gasteiger partial charge in [-0.1, -0.05) is 12.1 Å². The van der Waals surface area contributed by atoms with Gasteiger partial charge in [-0.3, -0.25) is 0 Å². The Hall–Kier alpha value is -1.58. The number of H-pyrrole nitrogens is 1. The van der Waals surface area contributed by atoms with Crippen LogP contribution in [0.1, 0.15) is 21.7 Å². The lowest BCUT2D eigenvalue weighted by molar-refractivity contribution is -0.134. The standard InChI is InChI=1S/C17H18BrF3N4S/c1-10-13(26-15(14(10)18)17(19,20)21)9-22-7-4-8-23-16-24-11-5-2-3-6-12(11)25-16/h2-3,5-6,22H,4,7-9H2,1H3,(H2,23,24,25). The molecule has 4 nitrogen and oxygen atoms in total. The van der Waals surface area contributed by atoms with Gasteiger partial charge in [-0.2, -0.15) is 13.2 Å². The van der Waals surface area contributed by atoms with E-state index in [1.54, 1.807) is 6.92 Å². The molecule has 140 valence electrons. The van der Waals surface area contributed by atoms with E-state index in [9.17, 15) is 13.2 Å². The number of aromatic amines is 1. The van der Waals surface area contributed by atoms with Gasteiger partial charge in [0.25, 0.3) is 0 Å². The molecule has 3 rings (SSSR count). The van der Waals surface area contributed by atoms with Crippen molar-refractivity contribution in [2.45, 2.75) is 26.1 Å². The molecule has 0 saturated heterocycles. The third-order valence-electron chi connectivity index (χ3n) is 3.93. The van der Waals surface area contributed by atoms with Gasteiger partial charge in [-0.05, 0) is 53.5 Å². The van der Waals surface area contributed by atoms with Crippen molar-refractivity contribution >= 4 is 44.2 Å². The highest BCUT2D eigenvalue weighted by atomic mass is 79.9. The minimum atomic E-state index is -4.32. The number of hydrogen-bond donors (Lipinski definition) is 3. The summed E-state index contributed by atoms with van der Waals surface area (Å²) in [6, 6.07) is 7.79. The molecule has 3 N–H and O–H groups in total. The lowest BCUT2D eigenvalue weighted by atomic mass is 10.2. The van der Waals surface area contributed by atoms with Crippen LogP contribution in [-0.2, 0) is 12.7 Å². The van der Waals surface area contributed by atoms with Gasteiger partial charge in [0.15, 0.2) is 0 Å². The molecule has 0 spiro atoms. The second-order valence-corrected chi connectivity index (χ2v) is 7.75. The first kappa shape index (κ1) is 19.2. The number of benzene rings is 1. The van der Waals surface area contributed by atoms with E-state index in [2.05, 4.69) is 36.5 Å². The number of fused-ring (bicyclic) bond motifs is 1. The minimum Gasteiger partial charge on any atom is -0.356 e. The van der Waals surface area contributed by atoms with Gasteiger partial charge in [0, 0.05) is 22.4 Å². The van der Waals surface area contributed by atoms with Crippen LogP contribution in [0.3, 0.4) is 0 Å². The van der Waals surface area contributed by atoms with Crippen molar-refractivity contribution < 1.29 is 13.2 Å².